The van der Waals surface area contributed by atoms with Crippen molar-refractivity contribution < 1.29 is 4.39 Å². The van der Waals surface area contributed by atoms with Gasteiger partial charge in [0.05, 0.1) is 17.3 Å². The number of benzene rings is 2. The smallest absolute Gasteiger partial charge is 0.126 e. The molecule has 2 heterocycles. The molecule has 31 heavy (non-hydrogen) atoms. The van der Waals surface area contributed by atoms with Crippen LogP contribution in [-0.2, 0) is 0 Å². The molecule has 0 radical (unpaired) electrons. The van der Waals surface area contributed by atoms with E-state index in [4.69, 9.17) is 0 Å². The van der Waals surface area contributed by atoms with Gasteiger partial charge < -0.3 is 0 Å². The second kappa shape index (κ2) is 9.52. The summed E-state index contributed by atoms with van der Waals surface area (Å²) in [6, 6.07) is 15.7. The largest absolute Gasteiger partial charge is 0.291 e. The average molecular weight is 416 g/mol. The molecule has 0 aliphatic carbocycles. The van der Waals surface area contributed by atoms with Crippen LogP contribution >= 0.6 is 0 Å². The summed E-state index contributed by atoms with van der Waals surface area (Å²) in [4.78, 5) is 11.8. The lowest BCUT2D eigenvalue weighted by Gasteiger charge is -2.38. The van der Waals surface area contributed by atoms with Crippen molar-refractivity contribution in [3.05, 3.63) is 89.4 Å². The van der Waals surface area contributed by atoms with Crippen molar-refractivity contribution in [2.45, 2.75) is 38.6 Å². The number of pyridine rings is 1. The maximum atomic E-state index is 14.3. The van der Waals surface area contributed by atoms with Crippen molar-refractivity contribution in [1.82, 2.24) is 9.88 Å². The van der Waals surface area contributed by atoms with Crippen molar-refractivity contribution in [2.75, 3.05) is 20.1 Å². The summed E-state index contributed by atoms with van der Waals surface area (Å²) in [6.45, 7) is 5.99. The number of fused-ring (bicyclic) bond motifs is 1. The number of aryl methyl sites for hydroxylation is 1. The predicted octanol–water partition coefficient (Wildman–Crippen LogP) is 6.25. The highest BCUT2D eigenvalue weighted by atomic mass is 19.1. The summed E-state index contributed by atoms with van der Waals surface area (Å²) in [5, 5.41) is 1.15. The normalized spacial score (nSPS) is 17.5. The molecule has 1 saturated heterocycles. The van der Waals surface area contributed by atoms with Gasteiger partial charge in [-0.05, 0) is 80.6 Å². The first kappa shape index (κ1) is 21.4. The zero-order chi connectivity index (χ0) is 21.8. The van der Waals surface area contributed by atoms with Crippen LogP contribution in [0.5, 0.6) is 0 Å². The van der Waals surface area contributed by atoms with Crippen LogP contribution < -0.4 is 0 Å². The number of hydrogen-bond donors (Lipinski definition) is 0. The molecule has 0 saturated carbocycles. The van der Waals surface area contributed by atoms with Crippen LogP contribution in [0.1, 0.15) is 48.4 Å². The third-order valence-electron chi connectivity index (χ3n) is 6.48. The van der Waals surface area contributed by atoms with Crippen LogP contribution in [0.2, 0.25) is 0 Å². The van der Waals surface area contributed by atoms with Gasteiger partial charge in [-0.3, -0.25) is 14.9 Å². The Morgan fingerprint density at radius 2 is 1.90 bits per heavy atom. The summed E-state index contributed by atoms with van der Waals surface area (Å²) in [7, 11) is 1.86. The van der Waals surface area contributed by atoms with Gasteiger partial charge in [0.1, 0.15) is 5.82 Å². The van der Waals surface area contributed by atoms with E-state index in [1.165, 1.54) is 11.1 Å². The second-order valence-electron chi connectivity index (χ2n) is 8.24. The predicted molar refractivity (Wildman–Crippen MR) is 127 cm³/mol. The zero-order valence-corrected chi connectivity index (χ0v) is 18.6. The monoisotopic (exact) mass is 415 g/mol. The SMILES string of the molecule is C/C=C\C(=NC)C(c1ccc2cccnc2c1C)N1CCC(c2ccccc2F)CC1. The van der Waals surface area contributed by atoms with E-state index in [2.05, 4.69) is 52.2 Å². The number of aliphatic imine (C=N–C) groups is 1. The quantitative estimate of drug-likeness (QED) is 0.461. The van der Waals surface area contributed by atoms with Gasteiger partial charge in [0.25, 0.3) is 0 Å². The van der Waals surface area contributed by atoms with Gasteiger partial charge in [0.2, 0.25) is 0 Å². The fraction of sp³-hybridized carbons (Fsp3) is 0.333. The first-order chi connectivity index (χ1) is 15.1. The molecule has 1 aromatic heterocycles. The topological polar surface area (TPSA) is 28.5 Å². The summed E-state index contributed by atoms with van der Waals surface area (Å²) < 4.78 is 14.3. The van der Waals surface area contributed by atoms with Gasteiger partial charge in [-0.1, -0.05) is 42.5 Å². The number of allylic oxidation sites excluding steroid dienone is 1. The Balaban J connectivity index is 1.67. The van der Waals surface area contributed by atoms with Crippen molar-refractivity contribution in [1.29, 1.82) is 0 Å². The zero-order valence-electron chi connectivity index (χ0n) is 18.6. The maximum Gasteiger partial charge on any atom is 0.126 e. The van der Waals surface area contributed by atoms with E-state index < -0.39 is 0 Å². The lowest BCUT2D eigenvalue weighted by molar-refractivity contribution is 0.187. The molecule has 0 N–H and O–H groups in total. The number of likely N-dealkylation sites (tertiary alicyclic amines) is 1. The molecule has 1 aliphatic heterocycles. The Morgan fingerprint density at radius 1 is 1.13 bits per heavy atom. The van der Waals surface area contributed by atoms with Crippen molar-refractivity contribution in [3.8, 4) is 0 Å². The summed E-state index contributed by atoms with van der Waals surface area (Å²) in [5.74, 6) is 0.180. The molecule has 4 rings (SSSR count). The first-order valence-corrected chi connectivity index (χ1v) is 11.1. The van der Waals surface area contributed by atoms with E-state index in [9.17, 15) is 4.39 Å². The van der Waals surface area contributed by atoms with Crippen LogP contribution in [-0.4, -0.2) is 35.7 Å². The summed E-state index contributed by atoms with van der Waals surface area (Å²) >= 11 is 0. The van der Waals surface area contributed by atoms with Crippen LogP contribution in [0.4, 0.5) is 4.39 Å². The minimum absolute atomic E-state index is 0.0641. The van der Waals surface area contributed by atoms with Crippen LogP contribution in [0.15, 0.2) is 71.9 Å². The summed E-state index contributed by atoms with van der Waals surface area (Å²) in [5.41, 5.74) is 5.38. The molecule has 0 bridgehead atoms. The van der Waals surface area contributed by atoms with E-state index in [1.807, 2.05) is 38.4 Å². The minimum atomic E-state index is -0.0846. The maximum absolute atomic E-state index is 14.3. The highest BCUT2D eigenvalue weighted by Crippen LogP contribution is 2.36. The third-order valence-corrected chi connectivity index (χ3v) is 6.48. The molecule has 1 atom stereocenters. The van der Waals surface area contributed by atoms with Gasteiger partial charge in [-0.15, -0.1) is 0 Å². The lowest BCUT2D eigenvalue weighted by Crippen LogP contribution is -2.40. The number of rotatable bonds is 5. The number of nitrogens with zero attached hydrogens (tertiary/aromatic N) is 3. The van der Waals surface area contributed by atoms with E-state index in [0.717, 1.165) is 48.1 Å². The second-order valence-corrected chi connectivity index (χ2v) is 8.24. The minimum Gasteiger partial charge on any atom is -0.291 e. The van der Waals surface area contributed by atoms with E-state index in [-0.39, 0.29) is 17.8 Å². The van der Waals surface area contributed by atoms with E-state index >= 15 is 0 Å². The molecule has 1 aliphatic rings. The Morgan fingerprint density at radius 3 is 2.61 bits per heavy atom. The molecule has 0 amide bonds. The Bertz CT molecular complexity index is 1110. The van der Waals surface area contributed by atoms with Crippen molar-refractivity contribution in [3.63, 3.8) is 0 Å². The fourth-order valence-corrected chi connectivity index (χ4v) is 4.88. The average Bonchev–Trinajstić information content (AvgIpc) is 2.81. The van der Waals surface area contributed by atoms with Crippen molar-refractivity contribution >= 4 is 16.6 Å². The Kier molecular flexibility index (Phi) is 6.57. The molecule has 160 valence electrons. The molecule has 1 unspecified atom stereocenters. The van der Waals surface area contributed by atoms with Gasteiger partial charge >= 0.3 is 0 Å². The molecule has 0 spiro atoms. The van der Waals surface area contributed by atoms with Crippen molar-refractivity contribution in [2.24, 2.45) is 4.99 Å². The summed E-state index contributed by atoms with van der Waals surface area (Å²) in [6.07, 6.45) is 7.89. The number of piperidine rings is 1. The highest BCUT2D eigenvalue weighted by molar-refractivity contribution is 6.00. The Hall–Kier alpha value is -2.85. The number of aromatic nitrogens is 1. The first-order valence-electron chi connectivity index (χ1n) is 11.1. The number of halogens is 1. The number of hydrogen-bond acceptors (Lipinski definition) is 3. The van der Waals surface area contributed by atoms with E-state index in [1.54, 1.807) is 12.1 Å². The van der Waals surface area contributed by atoms with Gasteiger partial charge in [0.15, 0.2) is 0 Å². The molecule has 1 fully saturated rings. The molecular weight excluding hydrogens is 385 g/mol. The van der Waals surface area contributed by atoms with Crippen LogP contribution in [0.3, 0.4) is 0 Å². The molecular formula is C27H30FN3. The molecule has 4 heteroatoms. The van der Waals surface area contributed by atoms with E-state index in [0.29, 0.717) is 0 Å². The molecule has 3 nitrogen and oxygen atoms in total. The molecule has 2 aromatic carbocycles. The van der Waals surface area contributed by atoms with Gasteiger partial charge in [0, 0.05) is 18.6 Å². The van der Waals surface area contributed by atoms with Gasteiger partial charge in [-0.2, -0.15) is 0 Å². The third kappa shape index (κ3) is 4.31. The standard InChI is InChI=1S/C27H30FN3/c1-4-8-25(29-3)27(22-13-12-21-9-7-16-30-26(21)19(22)2)31-17-14-20(15-18-31)23-10-5-6-11-24(23)28/h4-13,16,20,27H,14-15,17-18H2,1-3H3/b8-4-,29-25?. The molecule has 3 aromatic rings. The Labute approximate surface area is 184 Å². The fourth-order valence-electron chi connectivity index (χ4n) is 4.88. The lowest BCUT2D eigenvalue weighted by atomic mass is 9.86. The highest BCUT2D eigenvalue weighted by Gasteiger charge is 2.31. The van der Waals surface area contributed by atoms with Gasteiger partial charge in [-0.25, -0.2) is 4.39 Å². The van der Waals surface area contributed by atoms with Crippen LogP contribution in [0.25, 0.3) is 10.9 Å². The van der Waals surface area contributed by atoms with Crippen LogP contribution in [0, 0.1) is 12.7 Å².